The number of sulfonamides is 1. The maximum atomic E-state index is 14.5. The zero-order valence-corrected chi connectivity index (χ0v) is 28.0. The molecular weight excluding hydrogens is 629 g/mol. The van der Waals surface area contributed by atoms with Crippen molar-refractivity contribution in [2.75, 3.05) is 10.8 Å². The SMILES string of the molecule is Cc1cc(C)cc(N(CC(=O)N(Cc2ccc(Cl)cc2Cl)[C@H](Cc2ccccc2)C(=O)NC(C)C)S(=O)(=O)c2ccccc2)c1. The van der Waals surface area contributed by atoms with Gasteiger partial charge in [0.1, 0.15) is 12.6 Å². The van der Waals surface area contributed by atoms with Gasteiger partial charge < -0.3 is 10.2 Å². The Morgan fingerprint density at radius 2 is 1.42 bits per heavy atom. The van der Waals surface area contributed by atoms with Crippen LogP contribution in [0.5, 0.6) is 0 Å². The van der Waals surface area contributed by atoms with Crippen molar-refractivity contribution in [3.8, 4) is 0 Å². The smallest absolute Gasteiger partial charge is 0.264 e. The van der Waals surface area contributed by atoms with E-state index in [2.05, 4.69) is 5.32 Å². The first-order chi connectivity index (χ1) is 21.3. The molecular formula is C35H37Cl2N3O4S. The zero-order chi connectivity index (χ0) is 32.7. The third-order valence-corrected chi connectivity index (χ3v) is 9.54. The van der Waals surface area contributed by atoms with Crippen molar-refractivity contribution in [2.45, 2.75) is 57.6 Å². The van der Waals surface area contributed by atoms with E-state index in [0.29, 0.717) is 21.3 Å². The Labute approximate surface area is 275 Å². The highest BCUT2D eigenvalue weighted by atomic mass is 35.5. The minimum Gasteiger partial charge on any atom is -0.352 e. The van der Waals surface area contributed by atoms with E-state index in [0.717, 1.165) is 21.0 Å². The van der Waals surface area contributed by atoms with Gasteiger partial charge in [0.25, 0.3) is 10.0 Å². The van der Waals surface area contributed by atoms with E-state index >= 15 is 0 Å². The quantitative estimate of drug-likeness (QED) is 0.177. The number of nitrogens with one attached hydrogen (secondary N) is 1. The van der Waals surface area contributed by atoms with Crippen LogP contribution in [0.15, 0.2) is 102 Å². The number of carbonyl (C=O) groups is 2. The molecule has 0 spiro atoms. The molecule has 1 atom stereocenters. The van der Waals surface area contributed by atoms with Crippen LogP contribution < -0.4 is 9.62 Å². The Balaban J connectivity index is 1.84. The first kappa shape index (κ1) is 34.0. The van der Waals surface area contributed by atoms with Gasteiger partial charge in [0.2, 0.25) is 11.8 Å². The van der Waals surface area contributed by atoms with Gasteiger partial charge in [0.15, 0.2) is 0 Å². The number of hydrogen-bond donors (Lipinski definition) is 1. The summed E-state index contributed by atoms with van der Waals surface area (Å²) in [5, 5.41) is 3.70. The predicted octanol–water partition coefficient (Wildman–Crippen LogP) is 6.97. The minimum absolute atomic E-state index is 0.0441. The number of aryl methyl sites for hydroxylation is 2. The first-order valence-electron chi connectivity index (χ1n) is 14.6. The van der Waals surface area contributed by atoms with Gasteiger partial charge in [0, 0.05) is 29.1 Å². The van der Waals surface area contributed by atoms with Gasteiger partial charge in [-0.15, -0.1) is 0 Å². The molecule has 0 saturated carbocycles. The van der Waals surface area contributed by atoms with Crippen LogP contribution in [0.4, 0.5) is 5.69 Å². The summed E-state index contributed by atoms with van der Waals surface area (Å²) in [4.78, 5) is 29.8. The highest BCUT2D eigenvalue weighted by Crippen LogP contribution is 2.28. The molecule has 7 nitrogen and oxygen atoms in total. The Hall–Kier alpha value is -3.85. The molecule has 4 aromatic rings. The number of anilines is 1. The van der Waals surface area contributed by atoms with E-state index in [4.69, 9.17) is 23.2 Å². The van der Waals surface area contributed by atoms with E-state index in [9.17, 15) is 18.0 Å². The average Bonchev–Trinajstić information content (AvgIpc) is 2.98. The number of hydrogen-bond acceptors (Lipinski definition) is 4. The van der Waals surface area contributed by atoms with Crippen molar-refractivity contribution in [1.29, 1.82) is 0 Å². The number of nitrogens with zero attached hydrogens (tertiary/aromatic N) is 2. The molecule has 0 aromatic heterocycles. The second-order valence-corrected chi connectivity index (χ2v) is 14.0. The molecule has 10 heteroatoms. The monoisotopic (exact) mass is 665 g/mol. The van der Waals surface area contributed by atoms with Crippen molar-refractivity contribution in [3.63, 3.8) is 0 Å². The fourth-order valence-electron chi connectivity index (χ4n) is 5.11. The van der Waals surface area contributed by atoms with Crippen LogP contribution in [-0.2, 0) is 32.6 Å². The standard InChI is InChI=1S/C35H37Cl2N3O4S/c1-24(2)38-35(42)33(20-27-11-7-5-8-12-27)39(22-28-15-16-29(36)21-32(28)37)34(41)23-40(30-18-25(3)17-26(4)19-30)45(43,44)31-13-9-6-10-14-31/h5-19,21,24,33H,20,22-23H2,1-4H3,(H,38,42)/t33-/m1/s1. The van der Waals surface area contributed by atoms with E-state index in [1.165, 1.54) is 17.0 Å². The molecule has 2 amide bonds. The molecule has 0 radical (unpaired) electrons. The Bertz CT molecular complexity index is 1730. The second kappa shape index (κ2) is 15.0. The molecule has 1 N–H and O–H groups in total. The van der Waals surface area contributed by atoms with Crippen LogP contribution in [0.1, 0.15) is 36.1 Å². The van der Waals surface area contributed by atoms with E-state index in [1.807, 2.05) is 64.1 Å². The Morgan fingerprint density at radius 3 is 2.00 bits per heavy atom. The molecule has 0 heterocycles. The lowest BCUT2D eigenvalue weighted by molar-refractivity contribution is -0.140. The van der Waals surface area contributed by atoms with E-state index in [1.54, 1.807) is 48.5 Å². The van der Waals surface area contributed by atoms with Gasteiger partial charge in [-0.3, -0.25) is 13.9 Å². The number of amides is 2. The van der Waals surface area contributed by atoms with Crippen molar-refractivity contribution >= 4 is 50.7 Å². The third kappa shape index (κ3) is 8.87. The van der Waals surface area contributed by atoms with Crippen LogP contribution in [0.3, 0.4) is 0 Å². The maximum absolute atomic E-state index is 14.5. The number of benzene rings is 4. The minimum atomic E-state index is -4.18. The fourth-order valence-corrected chi connectivity index (χ4v) is 7.00. The van der Waals surface area contributed by atoms with Crippen LogP contribution in [-0.4, -0.2) is 43.8 Å². The molecule has 236 valence electrons. The summed E-state index contributed by atoms with van der Waals surface area (Å²) in [6.45, 7) is 6.82. The van der Waals surface area contributed by atoms with E-state index in [-0.39, 0.29) is 29.8 Å². The normalized spacial score (nSPS) is 12.1. The summed E-state index contributed by atoms with van der Waals surface area (Å²) in [6, 6.07) is 26.5. The number of carbonyl (C=O) groups excluding carboxylic acids is 2. The van der Waals surface area contributed by atoms with Gasteiger partial charge in [-0.25, -0.2) is 8.42 Å². The second-order valence-electron chi connectivity index (χ2n) is 11.3. The molecule has 4 aromatic carbocycles. The molecule has 0 saturated heterocycles. The fraction of sp³-hybridized carbons (Fsp3) is 0.257. The van der Waals surface area contributed by atoms with Crippen molar-refractivity contribution in [3.05, 3.63) is 129 Å². The molecule has 4 rings (SSSR count). The molecule has 0 unspecified atom stereocenters. The number of rotatable bonds is 12. The third-order valence-electron chi connectivity index (χ3n) is 7.16. The van der Waals surface area contributed by atoms with Gasteiger partial charge in [0.05, 0.1) is 10.6 Å². The molecule has 45 heavy (non-hydrogen) atoms. The predicted molar refractivity (Wildman–Crippen MR) is 181 cm³/mol. The van der Waals surface area contributed by atoms with E-state index < -0.39 is 28.5 Å². The topological polar surface area (TPSA) is 86.8 Å². The average molecular weight is 667 g/mol. The maximum Gasteiger partial charge on any atom is 0.264 e. The van der Waals surface area contributed by atoms with Crippen LogP contribution in [0.25, 0.3) is 0 Å². The summed E-state index contributed by atoms with van der Waals surface area (Å²) in [5.74, 6) is -0.935. The largest absolute Gasteiger partial charge is 0.352 e. The zero-order valence-electron chi connectivity index (χ0n) is 25.7. The van der Waals surface area contributed by atoms with Crippen molar-refractivity contribution in [2.24, 2.45) is 0 Å². The molecule has 0 bridgehead atoms. The van der Waals surface area contributed by atoms with Crippen LogP contribution in [0.2, 0.25) is 10.0 Å². The van der Waals surface area contributed by atoms with Crippen molar-refractivity contribution in [1.82, 2.24) is 10.2 Å². The summed E-state index contributed by atoms with van der Waals surface area (Å²) >= 11 is 12.7. The summed E-state index contributed by atoms with van der Waals surface area (Å²) in [5.41, 5.74) is 3.43. The molecule has 0 aliphatic heterocycles. The van der Waals surface area contributed by atoms with Crippen LogP contribution >= 0.6 is 23.2 Å². The summed E-state index contributed by atoms with van der Waals surface area (Å²) in [6.07, 6.45) is 0.200. The van der Waals surface area contributed by atoms with Gasteiger partial charge in [-0.1, -0.05) is 83.9 Å². The van der Waals surface area contributed by atoms with Gasteiger partial charge in [-0.2, -0.15) is 0 Å². The van der Waals surface area contributed by atoms with Gasteiger partial charge in [-0.05, 0) is 86.3 Å². The summed E-state index contributed by atoms with van der Waals surface area (Å²) < 4.78 is 29.4. The lowest BCUT2D eigenvalue weighted by Gasteiger charge is -2.34. The molecule has 0 fully saturated rings. The lowest BCUT2D eigenvalue weighted by atomic mass is 10.0. The first-order valence-corrected chi connectivity index (χ1v) is 16.8. The lowest BCUT2D eigenvalue weighted by Crippen LogP contribution is -2.54. The Kier molecular flexibility index (Phi) is 11.3. The van der Waals surface area contributed by atoms with Crippen molar-refractivity contribution < 1.29 is 18.0 Å². The van der Waals surface area contributed by atoms with Gasteiger partial charge >= 0.3 is 0 Å². The number of halogens is 2. The summed E-state index contributed by atoms with van der Waals surface area (Å²) in [7, 11) is -4.18. The Morgan fingerprint density at radius 1 is 0.822 bits per heavy atom. The highest BCUT2D eigenvalue weighted by molar-refractivity contribution is 7.92. The molecule has 0 aliphatic rings. The highest BCUT2D eigenvalue weighted by Gasteiger charge is 2.35. The van der Waals surface area contributed by atoms with Crippen LogP contribution in [0, 0.1) is 13.8 Å². The molecule has 0 aliphatic carbocycles.